The minimum atomic E-state index is 0.139. The summed E-state index contributed by atoms with van der Waals surface area (Å²) in [6.45, 7) is 2.05. The number of carbonyl (C=O) groups excluding carboxylic acids is 1. The van der Waals surface area contributed by atoms with Crippen molar-refractivity contribution in [3.8, 4) is 0 Å². The molecule has 2 unspecified atom stereocenters. The van der Waals surface area contributed by atoms with Crippen molar-refractivity contribution in [1.82, 2.24) is 5.32 Å². The van der Waals surface area contributed by atoms with Gasteiger partial charge in [-0.1, -0.05) is 6.07 Å². The molecule has 2 rings (SSSR count). The number of thioether (sulfide) groups is 2. The van der Waals surface area contributed by atoms with Crippen LogP contribution in [-0.2, 0) is 4.79 Å². The van der Waals surface area contributed by atoms with Crippen LogP contribution in [0.4, 0.5) is 0 Å². The first-order valence-corrected chi connectivity index (χ1v) is 8.39. The van der Waals surface area contributed by atoms with Crippen LogP contribution in [0.15, 0.2) is 17.5 Å². The third-order valence-electron chi connectivity index (χ3n) is 2.44. The predicted molar refractivity (Wildman–Crippen MR) is 74.4 cm³/mol. The van der Waals surface area contributed by atoms with Gasteiger partial charge in [0.05, 0.1) is 11.3 Å². The lowest BCUT2D eigenvalue weighted by atomic mass is 10.2. The SMILES string of the molecule is CC(NC(=O)C1CSCCS1)c1cccs1. The van der Waals surface area contributed by atoms with Crippen molar-refractivity contribution in [2.75, 3.05) is 17.3 Å². The number of nitrogens with one attached hydrogen (secondary N) is 1. The van der Waals surface area contributed by atoms with Crippen molar-refractivity contribution in [1.29, 1.82) is 0 Å². The molecule has 1 aliphatic heterocycles. The van der Waals surface area contributed by atoms with E-state index in [1.807, 2.05) is 30.1 Å². The second-order valence-corrected chi connectivity index (χ2v) is 7.12. The maximum Gasteiger partial charge on any atom is 0.234 e. The molecule has 1 aliphatic rings. The third-order valence-corrected chi connectivity index (χ3v) is 6.25. The fraction of sp³-hybridized carbons (Fsp3) is 0.545. The molecule has 0 aliphatic carbocycles. The van der Waals surface area contributed by atoms with Crippen LogP contribution >= 0.6 is 34.9 Å². The van der Waals surface area contributed by atoms with Crippen molar-refractivity contribution in [3.05, 3.63) is 22.4 Å². The molecule has 1 saturated heterocycles. The molecule has 16 heavy (non-hydrogen) atoms. The van der Waals surface area contributed by atoms with E-state index >= 15 is 0 Å². The van der Waals surface area contributed by atoms with E-state index in [1.54, 1.807) is 23.1 Å². The maximum atomic E-state index is 12.0. The zero-order valence-corrected chi connectivity index (χ0v) is 11.6. The number of hydrogen-bond acceptors (Lipinski definition) is 4. The summed E-state index contributed by atoms with van der Waals surface area (Å²) in [5.41, 5.74) is 0. The lowest BCUT2D eigenvalue weighted by Gasteiger charge is -2.22. The van der Waals surface area contributed by atoms with Crippen LogP contribution in [0.3, 0.4) is 0 Å². The van der Waals surface area contributed by atoms with Crippen LogP contribution in [0.1, 0.15) is 17.8 Å². The van der Waals surface area contributed by atoms with E-state index in [9.17, 15) is 4.79 Å². The molecule has 0 radical (unpaired) electrons. The Bertz CT molecular complexity index is 333. The van der Waals surface area contributed by atoms with Gasteiger partial charge in [0.2, 0.25) is 5.91 Å². The topological polar surface area (TPSA) is 29.1 Å². The Morgan fingerprint density at radius 2 is 2.44 bits per heavy atom. The second kappa shape index (κ2) is 5.98. The Morgan fingerprint density at radius 3 is 3.06 bits per heavy atom. The van der Waals surface area contributed by atoms with E-state index in [-0.39, 0.29) is 17.2 Å². The van der Waals surface area contributed by atoms with Gasteiger partial charge in [-0.3, -0.25) is 4.79 Å². The number of thiophene rings is 1. The number of amides is 1. The minimum absolute atomic E-state index is 0.139. The fourth-order valence-electron chi connectivity index (χ4n) is 1.55. The van der Waals surface area contributed by atoms with E-state index in [0.29, 0.717) is 0 Å². The smallest absolute Gasteiger partial charge is 0.234 e. The largest absolute Gasteiger partial charge is 0.348 e. The van der Waals surface area contributed by atoms with Crippen LogP contribution in [0.2, 0.25) is 0 Å². The molecule has 1 aromatic heterocycles. The van der Waals surface area contributed by atoms with Crippen LogP contribution in [0.25, 0.3) is 0 Å². The van der Waals surface area contributed by atoms with Gasteiger partial charge in [0.1, 0.15) is 0 Å². The molecular formula is C11H15NOS3. The highest BCUT2D eigenvalue weighted by Crippen LogP contribution is 2.25. The Morgan fingerprint density at radius 1 is 1.56 bits per heavy atom. The quantitative estimate of drug-likeness (QED) is 0.918. The molecule has 1 N–H and O–H groups in total. The molecule has 2 nitrogen and oxygen atoms in total. The highest BCUT2D eigenvalue weighted by atomic mass is 32.2. The van der Waals surface area contributed by atoms with Gasteiger partial charge in [0, 0.05) is 22.1 Å². The summed E-state index contributed by atoms with van der Waals surface area (Å²) in [6, 6.07) is 4.23. The van der Waals surface area contributed by atoms with Gasteiger partial charge in [-0.25, -0.2) is 0 Å². The molecule has 0 aromatic carbocycles. The molecular weight excluding hydrogens is 258 g/mol. The minimum Gasteiger partial charge on any atom is -0.348 e. The van der Waals surface area contributed by atoms with Crippen LogP contribution in [-0.4, -0.2) is 28.4 Å². The summed E-state index contributed by atoms with van der Waals surface area (Å²) in [4.78, 5) is 13.2. The summed E-state index contributed by atoms with van der Waals surface area (Å²) in [6.07, 6.45) is 0. The lowest BCUT2D eigenvalue weighted by Crippen LogP contribution is -2.37. The first-order chi connectivity index (χ1) is 7.77. The van der Waals surface area contributed by atoms with Crippen LogP contribution in [0.5, 0.6) is 0 Å². The average Bonchev–Trinajstić information content (AvgIpc) is 2.83. The molecule has 0 spiro atoms. The molecule has 0 bridgehead atoms. The molecule has 88 valence electrons. The molecule has 1 amide bonds. The number of rotatable bonds is 3. The van der Waals surface area contributed by atoms with Crippen LogP contribution in [0, 0.1) is 0 Å². The summed E-state index contributed by atoms with van der Waals surface area (Å²) in [5, 5.41) is 5.27. The molecule has 1 aromatic rings. The predicted octanol–water partition coefficient (Wildman–Crippen LogP) is 2.77. The first kappa shape index (κ1) is 12.3. The molecule has 2 heterocycles. The summed E-state index contributed by atoms with van der Waals surface area (Å²) in [7, 11) is 0. The van der Waals surface area contributed by atoms with E-state index < -0.39 is 0 Å². The summed E-state index contributed by atoms with van der Waals surface area (Å²) in [5.74, 6) is 3.41. The second-order valence-electron chi connectivity index (χ2n) is 3.68. The third kappa shape index (κ3) is 3.18. The van der Waals surface area contributed by atoms with Gasteiger partial charge in [-0.15, -0.1) is 23.1 Å². The Kier molecular flexibility index (Phi) is 4.61. The standard InChI is InChI=1S/C11H15NOS3/c1-8(9-3-2-4-15-9)12-11(13)10-7-14-5-6-16-10/h2-4,8,10H,5-7H2,1H3,(H,12,13). The fourth-order valence-corrected chi connectivity index (χ4v) is 4.85. The summed E-state index contributed by atoms with van der Waals surface area (Å²) < 4.78 is 0. The van der Waals surface area contributed by atoms with Crippen molar-refractivity contribution < 1.29 is 4.79 Å². The van der Waals surface area contributed by atoms with Gasteiger partial charge >= 0.3 is 0 Å². The molecule has 1 fully saturated rings. The zero-order chi connectivity index (χ0) is 11.4. The number of hydrogen-bond donors (Lipinski definition) is 1. The van der Waals surface area contributed by atoms with Crippen LogP contribution < -0.4 is 5.32 Å². The van der Waals surface area contributed by atoms with E-state index in [4.69, 9.17) is 0 Å². The zero-order valence-electron chi connectivity index (χ0n) is 9.14. The van der Waals surface area contributed by atoms with E-state index in [2.05, 4.69) is 11.4 Å². The number of carbonyl (C=O) groups is 1. The van der Waals surface area contributed by atoms with Crippen molar-refractivity contribution in [3.63, 3.8) is 0 Å². The van der Waals surface area contributed by atoms with Crippen molar-refractivity contribution in [2.24, 2.45) is 0 Å². The van der Waals surface area contributed by atoms with E-state index in [0.717, 1.165) is 11.5 Å². The summed E-state index contributed by atoms with van der Waals surface area (Å²) >= 11 is 5.35. The van der Waals surface area contributed by atoms with Gasteiger partial charge in [0.15, 0.2) is 0 Å². The van der Waals surface area contributed by atoms with Crippen molar-refractivity contribution >= 4 is 40.8 Å². The van der Waals surface area contributed by atoms with Gasteiger partial charge < -0.3 is 5.32 Å². The molecule has 5 heteroatoms. The lowest BCUT2D eigenvalue weighted by molar-refractivity contribution is -0.120. The first-order valence-electron chi connectivity index (χ1n) is 5.30. The Hall–Kier alpha value is -0.130. The highest BCUT2D eigenvalue weighted by molar-refractivity contribution is 8.07. The molecule has 0 saturated carbocycles. The monoisotopic (exact) mass is 273 g/mol. The average molecular weight is 273 g/mol. The van der Waals surface area contributed by atoms with Gasteiger partial charge in [-0.05, 0) is 18.4 Å². The molecule has 2 atom stereocenters. The highest BCUT2D eigenvalue weighted by Gasteiger charge is 2.23. The Balaban J connectivity index is 1.86. The normalized spacial score (nSPS) is 22.7. The maximum absolute atomic E-state index is 12.0. The van der Waals surface area contributed by atoms with Gasteiger partial charge in [-0.2, -0.15) is 11.8 Å². The van der Waals surface area contributed by atoms with E-state index in [1.165, 1.54) is 10.6 Å². The van der Waals surface area contributed by atoms with Crippen molar-refractivity contribution in [2.45, 2.75) is 18.2 Å². The Labute approximate surface area is 109 Å². The van der Waals surface area contributed by atoms with Gasteiger partial charge in [0.25, 0.3) is 0 Å².